The Morgan fingerprint density at radius 3 is 2.40 bits per heavy atom. The summed E-state index contributed by atoms with van der Waals surface area (Å²) in [6.07, 6.45) is 2.69. The molecule has 0 aromatic rings. The average Bonchev–Trinajstić information content (AvgIpc) is 2.18. The molecule has 1 heterocycles. The quantitative estimate of drug-likeness (QED) is 0.747. The minimum Gasteiger partial charge on any atom is -0.317 e. The van der Waals surface area contributed by atoms with Gasteiger partial charge in [0, 0.05) is 0 Å². The molecular formula is C13H28N2. The van der Waals surface area contributed by atoms with E-state index < -0.39 is 0 Å². The zero-order valence-corrected chi connectivity index (χ0v) is 10.9. The maximum Gasteiger partial charge on any atom is -0.00180 e. The molecule has 1 aliphatic heterocycles. The summed E-state index contributed by atoms with van der Waals surface area (Å²) in [5.41, 5.74) is 0.432. The fourth-order valence-electron chi connectivity index (χ4n) is 1.90. The predicted molar refractivity (Wildman–Crippen MR) is 67.1 cm³/mol. The maximum atomic E-state index is 3.63. The van der Waals surface area contributed by atoms with Crippen LogP contribution in [0.25, 0.3) is 0 Å². The highest BCUT2D eigenvalue weighted by molar-refractivity contribution is 4.74. The largest absolute Gasteiger partial charge is 0.317 e. The summed E-state index contributed by atoms with van der Waals surface area (Å²) in [7, 11) is 0. The van der Waals surface area contributed by atoms with E-state index in [0.717, 1.165) is 18.4 Å². The van der Waals surface area contributed by atoms with Gasteiger partial charge in [0.15, 0.2) is 0 Å². The van der Waals surface area contributed by atoms with Crippen molar-refractivity contribution in [2.45, 2.75) is 40.5 Å². The first-order chi connectivity index (χ1) is 7.00. The van der Waals surface area contributed by atoms with Gasteiger partial charge in [-0.05, 0) is 56.3 Å². The number of rotatable bonds is 4. The summed E-state index contributed by atoms with van der Waals surface area (Å²) in [5, 5.41) is 7.04. The molecule has 1 aliphatic rings. The van der Waals surface area contributed by atoms with Crippen molar-refractivity contribution < 1.29 is 0 Å². The number of hydrogen-bond acceptors (Lipinski definition) is 2. The van der Waals surface area contributed by atoms with Crippen molar-refractivity contribution in [3.05, 3.63) is 0 Å². The Bertz CT molecular complexity index is 166. The van der Waals surface area contributed by atoms with E-state index in [4.69, 9.17) is 0 Å². The maximum absolute atomic E-state index is 3.63. The Hall–Kier alpha value is -0.0800. The average molecular weight is 212 g/mol. The van der Waals surface area contributed by atoms with Gasteiger partial charge < -0.3 is 10.6 Å². The summed E-state index contributed by atoms with van der Waals surface area (Å²) in [5.74, 6) is 1.65. The van der Waals surface area contributed by atoms with Gasteiger partial charge in [-0.25, -0.2) is 0 Å². The van der Waals surface area contributed by atoms with Crippen LogP contribution >= 0.6 is 0 Å². The van der Waals surface area contributed by atoms with E-state index in [1.807, 2.05) is 0 Å². The van der Waals surface area contributed by atoms with Gasteiger partial charge in [-0.15, -0.1) is 0 Å². The van der Waals surface area contributed by atoms with Crippen LogP contribution in [-0.2, 0) is 0 Å². The lowest BCUT2D eigenvalue weighted by molar-refractivity contribution is 0.244. The zero-order chi connectivity index (χ0) is 11.3. The smallest absolute Gasteiger partial charge is 0.00180 e. The van der Waals surface area contributed by atoms with Crippen molar-refractivity contribution >= 4 is 0 Å². The Morgan fingerprint density at radius 1 is 1.27 bits per heavy atom. The molecule has 0 bridgehead atoms. The van der Waals surface area contributed by atoms with E-state index in [2.05, 4.69) is 38.3 Å². The van der Waals surface area contributed by atoms with Crippen molar-refractivity contribution in [1.82, 2.24) is 10.6 Å². The summed E-state index contributed by atoms with van der Waals surface area (Å²) in [6, 6.07) is 0. The van der Waals surface area contributed by atoms with Crippen LogP contribution in [0.3, 0.4) is 0 Å². The molecule has 1 unspecified atom stereocenters. The molecule has 0 spiro atoms. The normalized spacial score (nSPS) is 21.6. The highest BCUT2D eigenvalue weighted by Gasteiger charge is 2.20. The summed E-state index contributed by atoms with van der Waals surface area (Å²) >= 11 is 0. The molecule has 0 aromatic carbocycles. The summed E-state index contributed by atoms with van der Waals surface area (Å²) in [4.78, 5) is 0. The minimum absolute atomic E-state index is 0.432. The minimum atomic E-state index is 0.432. The first kappa shape index (κ1) is 13.0. The van der Waals surface area contributed by atoms with Gasteiger partial charge >= 0.3 is 0 Å². The van der Waals surface area contributed by atoms with E-state index in [-0.39, 0.29) is 0 Å². The molecule has 1 rings (SSSR count). The second-order valence-electron chi connectivity index (χ2n) is 6.12. The number of piperidine rings is 1. The van der Waals surface area contributed by atoms with Crippen molar-refractivity contribution in [1.29, 1.82) is 0 Å². The van der Waals surface area contributed by atoms with Crippen molar-refractivity contribution in [2.24, 2.45) is 17.3 Å². The molecule has 2 nitrogen and oxygen atoms in total. The van der Waals surface area contributed by atoms with Crippen LogP contribution < -0.4 is 10.6 Å². The van der Waals surface area contributed by atoms with Crippen LogP contribution in [0.4, 0.5) is 0 Å². The van der Waals surface area contributed by atoms with Gasteiger partial charge in [-0.3, -0.25) is 0 Å². The van der Waals surface area contributed by atoms with E-state index in [1.54, 1.807) is 0 Å². The second kappa shape index (κ2) is 5.86. The SMILES string of the molecule is CC(CNCC1CCNCC1)C(C)(C)C. The number of hydrogen-bond donors (Lipinski definition) is 2. The third-order valence-corrected chi connectivity index (χ3v) is 3.82. The molecule has 2 N–H and O–H groups in total. The van der Waals surface area contributed by atoms with E-state index in [9.17, 15) is 0 Å². The van der Waals surface area contributed by atoms with E-state index >= 15 is 0 Å². The molecule has 0 aliphatic carbocycles. The van der Waals surface area contributed by atoms with Crippen molar-refractivity contribution in [2.75, 3.05) is 26.2 Å². The van der Waals surface area contributed by atoms with Gasteiger partial charge in [-0.1, -0.05) is 27.7 Å². The van der Waals surface area contributed by atoms with Crippen LogP contribution in [0.1, 0.15) is 40.5 Å². The van der Waals surface area contributed by atoms with Crippen molar-refractivity contribution in [3.63, 3.8) is 0 Å². The molecule has 90 valence electrons. The molecule has 1 atom stereocenters. The van der Waals surface area contributed by atoms with Gasteiger partial charge in [0.25, 0.3) is 0 Å². The molecular weight excluding hydrogens is 184 g/mol. The second-order valence-corrected chi connectivity index (χ2v) is 6.12. The fourth-order valence-corrected chi connectivity index (χ4v) is 1.90. The Balaban J connectivity index is 2.10. The number of nitrogens with one attached hydrogen (secondary N) is 2. The monoisotopic (exact) mass is 212 g/mol. The lowest BCUT2D eigenvalue weighted by Gasteiger charge is -2.29. The molecule has 0 amide bonds. The Labute approximate surface area is 95.2 Å². The topological polar surface area (TPSA) is 24.1 Å². The molecule has 1 saturated heterocycles. The fraction of sp³-hybridized carbons (Fsp3) is 1.00. The highest BCUT2D eigenvalue weighted by atomic mass is 14.9. The van der Waals surface area contributed by atoms with E-state index in [0.29, 0.717) is 5.41 Å². The van der Waals surface area contributed by atoms with E-state index in [1.165, 1.54) is 32.5 Å². The Kier molecular flexibility index (Phi) is 5.07. The standard InChI is InChI=1S/C13H28N2/c1-11(13(2,3)4)9-15-10-12-5-7-14-8-6-12/h11-12,14-15H,5-10H2,1-4H3. The van der Waals surface area contributed by atoms with Crippen LogP contribution in [0.5, 0.6) is 0 Å². The molecule has 1 fully saturated rings. The summed E-state index contributed by atoms with van der Waals surface area (Å²) in [6.45, 7) is 14.1. The molecule has 0 saturated carbocycles. The highest BCUT2D eigenvalue weighted by Crippen LogP contribution is 2.24. The van der Waals surface area contributed by atoms with Gasteiger partial charge in [0.1, 0.15) is 0 Å². The van der Waals surface area contributed by atoms with Gasteiger partial charge in [0.05, 0.1) is 0 Å². The lowest BCUT2D eigenvalue weighted by Crippen LogP contribution is -2.36. The van der Waals surface area contributed by atoms with Crippen LogP contribution in [-0.4, -0.2) is 26.2 Å². The van der Waals surface area contributed by atoms with Gasteiger partial charge in [0.2, 0.25) is 0 Å². The first-order valence-electron chi connectivity index (χ1n) is 6.41. The molecule has 2 heteroatoms. The third-order valence-electron chi connectivity index (χ3n) is 3.82. The predicted octanol–water partition coefficient (Wildman–Crippen LogP) is 2.26. The van der Waals surface area contributed by atoms with Gasteiger partial charge in [-0.2, -0.15) is 0 Å². The van der Waals surface area contributed by atoms with Crippen LogP contribution in [0, 0.1) is 17.3 Å². The van der Waals surface area contributed by atoms with Crippen LogP contribution in [0.2, 0.25) is 0 Å². The summed E-state index contributed by atoms with van der Waals surface area (Å²) < 4.78 is 0. The molecule has 15 heavy (non-hydrogen) atoms. The third kappa shape index (κ3) is 4.98. The zero-order valence-electron chi connectivity index (χ0n) is 10.9. The first-order valence-corrected chi connectivity index (χ1v) is 6.41. The lowest BCUT2D eigenvalue weighted by atomic mass is 9.82. The Morgan fingerprint density at radius 2 is 1.87 bits per heavy atom. The molecule has 0 radical (unpaired) electrons. The van der Waals surface area contributed by atoms with Crippen LogP contribution in [0.15, 0.2) is 0 Å². The van der Waals surface area contributed by atoms with Crippen molar-refractivity contribution in [3.8, 4) is 0 Å². The molecule has 0 aromatic heterocycles.